The molecular formula is C13H21N3O2. The zero-order valence-corrected chi connectivity index (χ0v) is 10.7. The molecule has 0 atom stereocenters. The van der Waals surface area contributed by atoms with Gasteiger partial charge in [-0.15, -0.1) is 0 Å². The van der Waals surface area contributed by atoms with Crippen molar-refractivity contribution in [3.63, 3.8) is 0 Å². The van der Waals surface area contributed by atoms with Crippen molar-refractivity contribution in [3.05, 3.63) is 18.5 Å². The number of ether oxygens (including phenoxy) is 1. The maximum absolute atomic E-state index is 9.45. The summed E-state index contributed by atoms with van der Waals surface area (Å²) in [6.45, 7) is 4.81. The monoisotopic (exact) mass is 251 g/mol. The Labute approximate surface area is 107 Å². The van der Waals surface area contributed by atoms with Gasteiger partial charge >= 0.3 is 0 Å². The first kappa shape index (κ1) is 12.1. The number of likely N-dealkylation sites (tertiary alicyclic amines) is 1. The average Bonchev–Trinajstić information content (AvgIpc) is 2.88. The molecule has 0 aliphatic carbocycles. The highest BCUT2D eigenvalue weighted by Crippen LogP contribution is 2.30. The summed E-state index contributed by atoms with van der Waals surface area (Å²) in [5.74, 6) is 0. The molecule has 0 radical (unpaired) electrons. The van der Waals surface area contributed by atoms with Crippen molar-refractivity contribution in [1.29, 1.82) is 0 Å². The quantitative estimate of drug-likeness (QED) is 0.848. The van der Waals surface area contributed by atoms with E-state index in [9.17, 15) is 5.11 Å². The fourth-order valence-electron chi connectivity index (χ4n) is 2.94. The van der Waals surface area contributed by atoms with Crippen LogP contribution in [0, 0.1) is 5.41 Å². The molecule has 1 aromatic heterocycles. The van der Waals surface area contributed by atoms with Crippen molar-refractivity contribution in [3.8, 4) is 0 Å². The lowest BCUT2D eigenvalue weighted by atomic mass is 9.85. The number of aliphatic hydroxyl groups excluding tert-OH is 1. The van der Waals surface area contributed by atoms with Crippen LogP contribution >= 0.6 is 0 Å². The van der Waals surface area contributed by atoms with E-state index < -0.39 is 0 Å². The Morgan fingerprint density at radius 1 is 1.33 bits per heavy atom. The van der Waals surface area contributed by atoms with Gasteiger partial charge in [-0.2, -0.15) is 5.10 Å². The van der Waals surface area contributed by atoms with E-state index in [2.05, 4.69) is 20.9 Å². The summed E-state index contributed by atoms with van der Waals surface area (Å²) < 4.78 is 7.32. The molecule has 3 rings (SSSR count). The molecule has 100 valence electrons. The Balaban J connectivity index is 1.51. The number of aromatic nitrogens is 2. The third-order valence-electron chi connectivity index (χ3n) is 4.17. The fraction of sp³-hybridized carbons (Fsp3) is 0.769. The van der Waals surface area contributed by atoms with Crippen molar-refractivity contribution in [2.45, 2.75) is 18.9 Å². The molecule has 2 aliphatic heterocycles. The van der Waals surface area contributed by atoms with E-state index in [4.69, 9.17) is 4.74 Å². The summed E-state index contributed by atoms with van der Waals surface area (Å²) in [6.07, 6.45) is 6.18. The molecule has 2 aliphatic rings. The van der Waals surface area contributed by atoms with Crippen LogP contribution in [0.3, 0.4) is 0 Å². The molecule has 0 bridgehead atoms. The lowest BCUT2D eigenvalue weighted by Crippen LogP contribution is -2.54. The predicted molar refractivity (Wildman–Crippen MR) is 67.3 cm³/mol. The van der Waals surface area contributed by atoms with Crippen molar-refractivity contribution >= 4 is 0 Å². The normalized spacial score (nSPS) is 24.9. The van der Waals surface area contributed by atoms with Gasteiger partial charge in [0.1, 0.15) is 0 Å². The molecule has 0 spiro atoms. The molecule has 5 nitrogen and oxygen atoms in total. The van der Waals surface area contributed by atoms with Gasteiger partial charge in [0.2, 0.25) is 0 Å². The number of rotatable bonds is 4. The molecular weight excluding hydrogens is 230 g/mol. The van der Waals surface area contributed by atoms with Gasteiger partial charge in [0.05, 0.1) is 31.3 Å². The Bertz CT molecular complexity index is 362. The maximum atomic E-state index is 9.45. The van der Waals surface area contributed by atoms with Crippen LogP contribution < -0.4 is 0 Å². The highest BCUT2D eigenvalue weighted by atomic mass is 16.5. The first-order valence-corrected chi connectivity index (χ1v) is 6.71. The van der Waals surface area contributed by atoms with Crippen LogP contribution in [-0.2, 0) is 4.74 Å². The van der Waals surface area contributed by atoms with Crippen LogP contribution in [0.25, 0.3) is 0 Å². The van der Waals surface area contributed by atoms with E-state index in [-0.39, 0.29) is 12.0 Å². The molecule has 2 fully saturated rings. The maximum Gasteiger partial charge on any atom is 0.0579 e. The molecule has 1 aromatic rings. The molecule has 1 N–H and O–H groups in total. The van der Waals surface area contributed by atoms with Gasteiger partial charge in [-0.25, -0.2) is 0 Å². The summed E-state index contributed by atoms with van der Waals surface area (Å²) in [4.78, 5) is 2.46. The lowest BCUT2D eigenvalue weighted by Gasteiger charge is -2.44. The Kier molecular flexibility index (Phi) is 3.37. The summed E-state index contributed by atoms with van der Waals surface area (Å²) in [5, 5.41) is 13.8. The number of nitrogens with zero attached hydrogens (tertiary/aromatic N) is 3. The van der Waals surface area contributed by atoms with E-state index in [1.54, 1.807) is 0 Å². The van der Waals surface area contributed by atoms with Crippen LogP contribution in [-0.4, -0.2) is 59.2 Å². The molecule has 0 amide bonds. The number of piperidine rings is 1. The van der Waals surface area contributed by atoms with Gasteiger partial charge < -0.3 is 14.7 Å². The van der Waals surface area contributed by atoms with E-state index in [1.807, 2.05) is 12.3 Å². The van der Waals surface area contributed by atoms with Gasteiger partial charge in [0, 0.05) is 32.0 Å². The highest BCUT2D eigenvalue weighted by molar-refractivity contribution is 4.90. The zero-order chi connectivity index (χ0) is 12.4. The van der Waals surface area contributed by atoms with Crippen LogP contribution in [0.1, 0.15) is 18.9 Å². The Morgan fingerprint density at radius 2 is 2.11 bits per heavy atom. The van der Waals surface area contributed by atoms with E-state index in [0.717, 1.165) is 32.5 Å². The third-order valence-corrected chi connectivity index (χ3v) is 4.17. The van der Waals surface area contributed by atoms with E-state index in [1.165, 1.54) is 0 Å². The molecule has 3 heterocycles. The topological polar surface area (TPSA) is 50.5 Å². The largest absolute Gasteiger partial charge is 0.396 e. The third kappa shape index (κ3) is 2.30. The minimum absolute atomic E-state index is 0.0124. The standard InChI is InChI=1S/C13H21N3O2/c17-9-13(10-18-11-13)8-15-6-2-12(3-7-15)16-5-1-4-14-16/h1,4-5,12,17H,2-3,6-11H2. The highest BCUT2D eigenvalue weighted by Gasteiger charge is 2.40. The summed E-state index contributed by atoms with van der Waals surface area (Å²) in [7, 11) is 0. The van der Waals surface area contributed by atoms with Crippen LogP contribution in [0.5, 0.6) is 0 Å². The SMILES string of the molecule is OCC1(CN2CCC(n3cccn3)CC2)COC1. The summed E-state index contributed by atoms with van der Waals surface area (Å²) >= 11 is 0. The molecule has 2 saturated heterocycles. The minimum atomic E-state index is 0.0124. The lowest BCUT2D eigenvalue weighted by molar-refractivity contribution is -0.150. The van der Waals surface area contributed by atoms with Gasteiger partial charge in [-0.3, -0.25) is 4.68 Å². The van der Waals surface area contributed by atoms with Gasteiger partial charge in [0.25, 0.3) is 0 Å². The number of hydrogen-bond donors (Lipinski definition) is 1. The van der Waals surface area contributed by atoms with Crippen molar-refractivity contribution in [1.82, 2.24) is 14.7 Å². The molecule has 0 saturated carbocycles. The van der Waals surface area contributed by atoms with Crippen LogP contribution in [0.15, 0.2) is 18.5 Å². The fourth-order valence-corrected chi connectivity index (χ4v) is 2.94. The smallest absolute Gasteiger partial charge is 0.0579 e. The molecule has 0 unspecified atom stereocenters. The minimum Gasteiger partial charge on any atom is -0.396 e. The molecule has 18 heavy (non-hydrogen) atoms. The first-order chi connectivity index (χ1) is 8.81. The number of hydrogen-bond acceptors (Lipinski definition) is 4. The van der Waals surface area contributed by atoms with Gasteiger partial charge in [-0.1, -0.05) is 0 Å². The zero-order valence-electron chi connectivity index (χ0n) is 10.7. The van der Waals surface area contributed by atoms with Crippen LogP contribution in [0.4, 0.5) is 0 Å². The van der Waals surface area contributed by atoms with Crippen molar-refractivity contribution < 1.29 is 9.84 Å². The summed E-state index contributed by atoms with van der Waals surface area (Å²) in [5.41, 5.74) is 0.0124. The van der Waals surface area contributed by atoms with E-state index >= 15 is 0 Å². The van der Waals surface area contributed by atoms with Crippen LogP contribution in [0.2, 0.25) is 0 Å². The van der Waals surface area contributed by atoms with Gasteiger partial charge in [0.15, 0.2) is 0 Å². The van der Waals surface area contributed by atoms with Gasteiger partial charge in [-0.05, 0) is 18.9 Å². The van der Waals surface area contributed by atoms with Crippen molar-refractivity contribution in [2.75, 3.05) is 39.5 Å². The predicted octanol–water partition coefficient (Wildman–Crippen LogP) is 0.529. The van der Waals surface area contributed by atoms with E-state index in [0.29, 0.717) is 19.3 Å². The Hall–Kier alpha value is -0.910. The average molecular weight is 251 g/mol. The second kappa shape index (κ2) is 4.99. The summed E-state index contributed by atoms with van der Waals surface area (Å²) in [6, 6.07) is 2.53. The molecule has 5 heteroatoms. The second-order valence-electron chi connectivity index (χ2n) is 5.64. The second-order valence-corrected chi connectivity index (χ2v) is 5.64. The Morgan fingerprint density at radius 3 is 2.61 bits per heavy atom. The molecule has 0 aromatic carbocycles. The van der Waals surface area contributed by atoms with Crippen molar-refractivity contribution in [2.24, 2.45) is 5.41 Å². The number of aliphatic hydroxyl groups is 1. The first-order valence-electron chi connectivity index (χ1n) is 6.71.